The van der Waals surface area contributed by atoms with Gasteiger partial charge >= 0.3 is 55.6 Å². The first-order chi connectivity index (χ1) is 3.68. The quantitative estimate of drug-likeness (QED) is 0.377. The molecular weight excluding hydrogens is 209 g/mol. The minimum atomic E-state index is -0.892. The predicted molar refractivity (Wildman–Crippen MR) is 21.6 cm³/mol. The van der Waals surface area contributed by atoms with E-state index in [4.69, 9.17) is 5.70 Å². The van der Waals surface area contributed by atoms with Crippen molar-refractivity contribution in [3.63, 3.8) is 0 Å². The standard InChI is InChI=1S/C3H7INO2/c1-2(5-4)3(6)7/h2,4-5H,1H3,(H,6,7)/q-1/t2-/m0/s1/i4D. The van der Waals surface area contributed by atoms with Crippen LogP contribution >= 0.6 is 0 Å². The van der Waals surface area contributed by atoms with Gasteiger partial charge in [0, 0.05) is 0 Å². The topological polar surface area (TPSA) is 49.3 Å². The first kappa shape index (κ1) is 5.30. The fourth-order valence-corrected chi connectivity index (χ4v) is 0.313. The first-order valence-corrected chi connectivity index (χ1v) is 2.85. The van der Waals surface area contributed by atoms with Gasteiger partial charge in [-0.25, -0.2) is 0 Å². The van der Waals surface area contributed by atoms with Gasteiger partial charge in [0.1, 0.15) is 0 Å². The summed E-state index contributed by atoms with van der Waals surface area (Å²) in [5.74, 6) is -0.892. The number of carboxylic acids is 1. The molecule has 1 atom stereocenters. The maximum absolute atomic E-state index is 9.96. The summed E-state index contributed by atoms with van der Waals surface area (Å²) in [6.07, 6.45) is 0. The van der Waals surface area contributed by atoms with Gasteiger partial charge in [-0.3, -0.25) is 0 Å². The van der Waals surface area contributed by atoms with Gasteiger partial charge in [-0.2, -0.15) is 0 Å². The number of halogens is 1. The van der Waals surface area contributed by atoms with E-state index in [9.17, 15) is 4.79 Å². The number of hydrogen-bond acceptors (Lipinski definition) is 2. The summed E-state index contributed by atoms with van der Waals surface area (Å²) in [6.45, 7) is 1.52. The number of hydrogen-bond donors (Lipinski definition) is 2. The van der Waals surface area contributed by atoms with Crippen LogP contribution in [0.3, 0.4) is 0 Å². The maximum atomic E-state index is 9.96. The zero-order chi connectivity index (χ0) is 6.57. The van der Waals surface area contributed by atoms with Crippen LogP contribution in [-0.4, -0.2) is 17.7 Å². The van der Waals surface area contributed by atoms with Crippen LogP contribution in [0.2, 0.25) is 0 Å². The third-order valence-electron chi connectivity index (χ3n) is 0.534. The average molecular weight is 217 g/mol. The second kappa shape index (κ2) is 3.20. The molecular formula is C3H7INO2-. The third kappa shape index (κ3) is 2.81. The average Bonchev–Trinajstić information content (AvgIpc) is 1.67. The molecule has 0 amide bonds. The number of nitrogens with one attached hydrogen (secondary N) is 1. The van der Waals surface area contributed by atoms with Crippen molar-refractivity contribution < 1.29 is 32.6 Å². The van der Waals surface area contributed by atoms with Gasteiger partial charge in [0.25, 0.3) is 0 Å². The molecule has 0 aromatic heterocycles. The van der Waals surface area contributed by atoms with Crippen LogP contribution < -0.4 is 26.2 Å². The van der Waals surface area contributed by atoms with Gasteiger partial charge < -0.3 is 0 Å². The van der Waals surface area contributed by atoms with Gasteiger partial charge in [-0.15, -0.1) is 0 Å². The van der Waals surface area contributed by atoms with Crippen molar-refractivity contribution >= 4 is 5.97 Å². The van der Waals surface area contributed by atoms with Gasteiger partial charge in [0.15, 0.2) is 0 Å². The number of aliphatic carboxylic acids is 1. The van der Waals surface area contributed by atoms with Crippen LogP contribution in [0.5, 0.6) is 0 Å². The Labute approximate surface area is 56.0 Å². The Hall–Kier alpha value is 0.160. The molecule has 7 heavy (non-hydrogen) atoms. The van der Waals surface area contributed by atoms with Crippen molar-refractivity contribution in [2.45, 2.75) is 13.0 Å². The minimum absolute atomic E-state index is 0.555. The molecule has 0 aliphatic heterocycles. The van der Waals surface area contributed by atoms with Crippen molar-refractivity contribution in [2.24, 2.45) is 0 Å². The van der Waals surface area contributed by atoms with Crippen molar-refractivity contribution in [3.05, 3.63) is 0 Å². The Morgan fingerprint density at radius 3 is 3.00 bits per heavy atom. The molecule has 0 fully saturated rings. The summed E-state index contributed by atoms with van der Waals surface area (Å²) < 4.78 is 9.18. The van der Waals surface area contributed by atoms with Crippen molar-refractivity contribution in [1.29, 1.82) is 0.594 Å². The van der Waals surface area contributed by atoms with E-state index in [1.165, 1.54) is 6.92 Å². The molecule has 2 N–H and O–H groups in total. The van der Waals surface area contributed by atoms with Crippen molar-refractivity contribution in [3.8, 4) is 0 Å². The molecule has 0 aliphatic carbocycles. The molecule has 0 aromatic rings. The van der Waals surface area contributed by atoms with E-state index in [1.54, 1.807) is 0 Å². The molecule has 0 radical (unpaired) electrons. The van der Waals surface area contributed by atoms with Crippen molar-refractivity contribution in [1.82, 2.24) is 3.53 Å². The van der Waals surface area contributed by atoms with Crippen LogP contribution in [0.4, 0.5) is 0 Å². The zero-order valence-electron chi connectivity index (χ0n) is 4.81. The van der Waals surface area contributed by atoms with Gasteiger partial charge in [0.2, 0.25) is 0 Å². The summed E-state index contributed by atoms with van der Waals surface area (Å²) in [6, 6.07) is -0.555. The monoisotopic (exact) mass is 217 g/mol. The summed E-state index contributed by atoms with van der Waals surface area (Å²) >= 11 is -0.847. The Balaban J connectivity index is 3.32. The van der Waals surface area contributed by atoms with Crippen LogP contribution in [0.25, 0.3) is 0 Å². The van der Waals surface area contributed by atoms with E-state index < -0.39 is 34.7 Å². The van der Waals surface area contributed by atoms with Gasteiger partial charge in [-0.1, -0.05) is 0 Å². The molecule has 0 unspecified atom stereocenters. The summed E-state index contributed by atoms with van der Waals surface area (Å²) in [7, 11) is 0. The van der Waals surface area contributed by atoms with Crippen LogP contribution in [-0.2, 0) is 4.79 Å². The molecule has 0 aliphatic rings. The van der Waals surface area contributed by atoms with E-state index in [2.05, 4.69) is 3.53 Å². The van der Waals surface area contributed by atoms with E-state index in [1.807, 2.05) is 0 Å². The fourth-order valence-electron chi connectivity index (χ4n) is 0.0467. The normalized spacial score (nSPS) is 15.9. The molecule has 0 rings (SSSR count). The number of rotatable bonds is 3. The van der Waals surface area contributed by atoms with E-state index >= 15 is 0 Å². The van der Waals surface area contributed by atoms with Crippen LogP contribution in [0, 0.1) is 0 Å². The molecule has 0 aromatic carbocycles. The molecule has 44 valence electrons. The molecule has 0 bridgehead atoms. The van der Waals surface area contributed by atoms with E-state index in [0.717, 1.165) is 0 Å². The van der Waals surface area contributed by atoms with Gasteiger partial charge in [0.05, 0.1) is 0 Å². The molecule has 0 spiro atoms. The molecule has 0 saturated heterocycles. The fraction of sp³-hybridized carbons (Fsp3) is 0.667. The Morgan fingerprint density at radius 1 is 2.29 bits per heavy atom. The second-order valence-electron chi connectivity index (χ2n) is 1.17. The zero-order valence-corrected chi connectivity index (χ0v) is 5.97. The summed E-state index contributed by atoms with van der Waals surface area (Å²) in [5, 5.41) is 8.18. The van der Waals surface area contributed by atoms with E-state index in [-0.39, 0.29) is 0 Å². The Morgan fingerprint density at radius 2 is 2.86 bits per heavy atom. The first-order valence-electron chi connectivity index (χ1n) is 2.15. The predicted octanol–water partition coefficient (Wildman–Crippen LogP) is -3.75. The van der Waals surface area contributed by atoms with Crippen LogP contribution in [0.1, 0.15) is 6.92 Å². The SMILES string of the molecule is [2H][I-]N[C@@H](C)C(=O)O. The molecule has 0 heterocycles. The summed E-state index contributed by atoms with van der Waals surface area (Å²) in [4.78, 5) is 9.96. The third-order valence-corrected chi connectivity index (χ3v) is 1.47. The molecule has 3 nitrogen and oxygen atoms in total. The van der Waals surface area contributed by atoms with Gasteiger partial charge in [-0.05, 0) is 0 Å². The van der Waals surface area contributed by atoms with Crippen molar-refractivity contribution in [2.75, 3.05) is 0 Å². The Bertz CT molecular complexity index is 89.4. The Kier molecular flexibility index (Phi) is 2.42. The summed E-state index contributed by atoms with van der Waals surface area (Å²) in [5.41, 5.74) is 0. The second-order valence-corrected chi connectivity index (χ2v) is 1.79. The molecule has 4 heteroatoms. The number of carbonyl (C=O) groups is 1. The van der Waals surface area contributed by atoms with E-state index in [0.29, 0.717) is 0 Å². The van der Waals surface area contributed by atoms with Crippen LogP contribution in [0.15, 0.2) is 0 Å². The number of carboxylic acid groups (broad SMARTS) is 1. The molecule has 0 saturated carbocycles.